The molecule has 122 valence electrons. The van der Waals surface area contributed by atoms with Crippen LogP contribution >= 0.6 is 0 Å². The first-order valence-electron chi connectivity index (χ1n) is 7.60. The zero-order valence-corrected chi connectivity index (χ0v) is 13.7. The summed E-state index contributed by atoms with van der Waals surface area (Å²) in [5.41, 5.74) is 0.566. The highest BCUT2D eigenvalue weighted by atomic mass is 16.6. The maximum absolute atomic E-state index is 11.9. The van der Waals surface area contributed by atoms with Crippen molar-refractivity contribution in [3.8, 4) is 5.75 Å². The number of ether oxygens (including phenoxy) is 2. The minimum absolute atomic E-state index is 0.482. The second kappa shape index (κ2) is 6.16. The van der Waals surface area contributed by atoms with E-state index in [4.69, 9.17) is 9.47 Å². The highest BCUT2D eigenvalue weighted by Gasteiger charge is 2.39. The van der Waals surface area contributed by atoms with Gasteiger partial charge in [-0.05, 0) is 70.2 Å². The standard InChI is InChI=1S/C17H25NO4/c1-16(2,3)22-15(19)18-14-6-5-13(21-4)11-12(14)7-8-17(20)9-10-17/h5-6,11,20H,7-10H2,1-4H3,(H,18,19). The topological polar surface area (TPSA) is 67.8 Å². The number of anilines is 1. The van der Waals surface area contributed by atoms with Gasteiger partial charge < -0.3 is 14.6 Å². The molecule has 1 saturated carbocycles. The molecule has 0 aromatic heterocycles. The Bertz CT molecular complexity index is 544. The van der Waals surface area contributed by atoms with Crippen molar-refractivity contribution in [1.29, 1.82) is 0 Å². The van der Waals surface area contributed by atoms with Crippen LogP contribution in [0.1, 0.15) is 45.6 Å². The molecule has 22 heavy (non-hydrogen) atoms. The van der Waals surface area contributed by atoms with E-state index in [1.54, 1.807) is 19.2 Å². The van der Waals surface area contributed by atoms with Gasteiger partial charge in [0, 0.05) is 5.69 Å². The number of aryl methyl sites for hydroxylation is 1. The fraction of sp³-hybridized carbons (Fsp3) is 0.588. The molecular weight excluding hydrogens is 282 g/mol. The van der Waals surface area contributed by atoms with E-state index in [1.807, 2.05) is 26.8 Å². The number of rotatable bonds is 5. The van der Waals surface area contributed by atoms with Crippen molar-refractivity contribution in [2.75, 3.05) is 12.4 Å². The minimum atomic E-state index is -0.542. The van der Waals surface area contributed by atoms with Gasteiger partial charge in [-0.3, -0.25) is 5.32 Å². The number of benzene rings is 1. The molecule has 0 unspecified atom stereocenters. The van der Waals surface area contributed by atoms with Crippen molar-refractivity contribution in [1.82, 2.24) is 0 Å². The molecule has 1 aromatic carbocycles. The van der Waals surface area contributed by atoms with Crippen LogP contribution in [0.25, 0.3) is 0 Å². The van der Waals surface area contributed by atoms with Crippen LogP contribution in [-0.4, -0.2) is 29.5 Å². The van der Waals surface area contributed by atoms with Crippen molar-refractivity contribution in [2.24, 2.45) is 0 Å². The number of amides is 1. The predicted octanol–water partition coefficient (Wildman–Crippen LogP) is 3.50. The van der Waals surface area contributed by atoms with Crippen LogP contribution in [0.15, 0.2) is 18.2 Å². The first-order chi connectivity index (χ1) is 10.2. The van der Waals surface area contributed by atoms with Crippen LogP contribution in [-0.2, 0) is 11.2 Å². The van der Waals surface area contributed by atoms with Gasteiger partial charge >= 0.3 is 6.09 Å². The number of aliphatic hydroxyl groups is 1. The molecule has 0 heterocycles. The smallest absolute Gasteiger partial charge is 0.412 e. The number of nitrogens with one attached hydrogen (secondary N) is 1. The summed E-state index contributed by atoms with van der Waals surface area (Å²) < 4.78 is 10.5. The lowest BCUT2D eigenvalue weighted by Crippen LogP contribution is -2.27. The Hall–Kier alpha value is -1.75. The molecule has 5 nitrogen and oxygen atoms in total. The van der Waals surface area contributed by atoms with Gasteiger partial charge in [0.1, 0.15) is 11.4 Å². The number of hydrogen-bond donors (Lipinski definition) is 2. The van der Waals surface area contributed by atoms with Gasteiger partial charge in [0.15, 0.2) is 0 Å². The van der Waals surface area contributed by atoms with Crippen LogP contribution in [0.2, 0.25) is 0 Å². The quantitative estimate of drug-likeness (QED) is 0.873. The van der Waals surface area contributed by atoms with Crippen molar-refractivity contribution in [3.05, 3.63) is 23.8 Å². The largest absolute Gasteiger partial charge is 0.497 e. The average molecular weight is 307 g/mol. The third kappa shape index (κ3) is 4.91. The molecule has 0 spiro atoms. The first-order valence-corrected chi connectivity index (χ1v) is 7.60. The van der Waals surface area contributed by atoms with Gasteiger partial charge in [-0.2, -0.15) is 0 Å². The molecule has 1 aliphatic rings. The minimum Gasteiger partial charge on any atom is -0.497 e. The summed E-state index contributed by atoms with van der Waals surface area (Å²) in [5.74, 6) is 0.729. The van der Waals surface area contributed by atoms with Crippen molar-refractivity contribution in [2.45, 2.75) is 57.7 Å². The second-order valence-electron chi connectivity index (χ2n) is 6.87. The molecule has 0 radical (unpaired) electrons. The summed E-state index contributed by atoms with van der Waals surface area (Å²) in [7, 11) is 1.61. The summed E-state index contributed by atoms with van der Waals surface area (Å²) in [6, 6.07) is 5.48. The number of hydrogen-bond acceptors (Lipinski definition) is 4. The molecule has 1 aromatic rings. The molecule has 5 heteroatoms. The summed E-state index contributed by atoms with van der Waals surface area (Å²) in [6.07, 6.45) is 2.59. The van der Waals surface area contributed by atoms with E-state index in [0.717, 1.165) is 24.2 Å². The predicted molar refractivity (Wildman–Crippen MR) is 85.4 cm³/mol. The van der Waals surface area contributed by atoms with Crippen molar-refractivity contribution < 1.29 is 19.4 Å². The number of carbonyl (C=O) groups is 1. The molecule has 0 bridgehead atoms. The Balaban J connectivity index is 2.09. The molecule has 1 aliphatic carbocycles. The molecule has 1 amide bonds. The molecule has 2 N–H and O–H groups in total. The Morgan fingerprint density at radius 2 is 2.05 bits per heavy atom. The van der Waals surface area contributed by atoms with Gasteiger partial charge in [-0.15, -0.1) is 0 Å². The summed E-state index contributed by atoms with van der Waals surface area (Å²) in [6.45, 7) is 5.47. The highest BCUT2D eigenvalue weighted by molar-refractivity contribution is 5.86. The van der Waals surface area contributed by atoms with E-state index < -0.39 is 17.3 Å². The monoisotopic (exact) mass is 307 g/mol. The lowest BCUT2D eigenvalue weighted by atomic mass is 10.0. The Morgan fingerprint density at radius 1 is 1.36 bits per heavy atom. The van der Waals surface area contributed by atoms with E-state index in [2.05, 4.69) is 5.32 Å². The zero-order chi connectivity index (χ0) is 16.4. The van der Waals surface area contributed by atoms with Gasteiger partial charge in [-0.1, -0.05) is 0 Å². The van der Waals surface area contributed by atoms with Crippen LogP contribution < -0.4 is 10.1 Å². The van der Waals surface area contributed by atoms with E-state index in [1.165, 1.54) is 0 Å². The number of carbonyl (C=O) groups excluding carboxylic acids is 1. The molecule has 0 saturated heterocycles. The van der Waals surface area contributed by atoms with E-state index in [-0.39, 0.29) is 0 Å². The van der Waals surface area contributed by atoms with Gasteiger partial charge in [0.2, 0.25) is 0 Å². The van der Waals surface area contributed by atoms with Crippen LogP contribution in [0, 0.1) is 0 Å². The highest BCUT2D eigenvalue weighted by Crippen LogP contribution is 2.40. The number of methoxy groups -OCH3 is 1. The zero-order valence-electron chi connectivity index (χ0n) is 13.7. The Morgan fingerprint density at radius 3 is 2.59 bits per heavy atom. The summed E-state index contributed by atoms with van der Waals surface area (Å²) in [5, 5.41) is 12.8. The van der Waals surface area contributed by atoms with Crippen molar-refractivity contribution in [3.63, 3.8) is 0 Å². The third-order valence-corrected chi connectivity index (χ3v) is 3.63. The van der Waals surface area contributed by atoms with E-state index in [0.29, 0.717) is 18.5 Å². The first kappa shape index (κ1) is 16.6. The van der Waals surface area contributed by atoms with E-state index in [9.17, 15) is 9.90 Å². The van der Waals surface area contributed by atoms with Crippen molar-refractivity contribution >= 4 is 11.8 Å². The average Bonchev–Trinajstić information content (AvgIpc) is 3.14. The molecule has 0 atom stereocenters. The lowest BCUT2D eigenvalue weighted by molar-refractivity contribution is 0.0636. The Labute approximate surface area is 131 Å². The summed E-state index contributed by atoms with van der Waals surface area (Å²) in [4.78, 5) is 11.9. The van der Waals surface area contributed by atoms with Gasteiger partial charge in [0.05, 0.1) is 12.7 Å². The van der Waals surface area contributed by atoms with E-state index >= 15 is 0 Å². The maximum Gasteiger partial charge on any atom is 0.412 e. The van der Waals surface area contributed by atoms with Gasteiger partial charge in [0.25, 0.3) is 0 Å². The third-order valence-electron chi connectivity index (χ3n) is 3.63. The normalized spacial score (nSPS) is 16.0. The summed E-state index contributed by atoms with van der Waals surface area (Å²) >= 11 is 0. The van der Waals surface area contributed by atoms with Crippen LogP contribution in [0.4, 0.5) is 10.5 Å². The molecule has 0 aliphatic heterocycles. The second-order valence-corrected chi connectivity index (χ2v) is 6.87. The van der Waals surface area contributed by atoms with Gasteiger partial charge in [-0.25, -0.2) is 4.79 Å². The SMILES string of the molecule is COc1ccc(NC(=O)OC(C)(C)C)c(CCC2(O)CC2)c1. The molecule has 2 rings (SSSR count). The maximum atomic E-state index is 11.9. The molecule has 1 fully saturated rings. The molecular formula is C17H25NO4. The lowest BCUT2D eigenvalue weighted by Gasteiger charge is -2.21. The Kier molecular flexibility index (Phi) is 4.66. The van der Waals surface area contributed by atoms with Crippen LogP contribution in [0.5, 0.6) is 5.75 Å². The van der Waals surface area contributed by atoms with Crippen LogP contribution in [0.3, 0.4) is 0 Å². The fourth-order valence-corrected chi connectivity index (χ4v) is 2.20. The fourth-order valence-electron chi connectivity index (χ4n) is 2.20.